The Morgan fingerprint density at radius 2 is 2.21 bits per heavy atom. The highest BCUT2D eigenvalue weighted by molar-refractivity contribution is 5.78. The number of likely N-dealkylation sites (tertiary alicyclic amines) is 1. The maximum Gasteiger partial charge on any atom is 0.303 e. The largest absolute Gasteiger partial charge is 0.481 e. The lowest BCUT2D eigenvalue weighted by Crippen LogP contribution is -2.42. The van der Waals surface area contributed by atoms with Crippen molar-refractivity contribution in [1.29, 1.82) is 0 Å². The minimum atomic E-state index is -0.776. The molecule has 0 saturated carbocycles. The fraction of sp³-hybridized carbons (Fsp3) is 0.579. The van der Waals surface area contributed by atoms with Crippen molar-refractivity contribution in [1.82, 2.24) is 4.90 Å². The number of benzene rings is 1. The van der Waals surface area contributed by atoms with Crippen LogP contribution in [0.3, 0.4) is 0 Å². The van der Waals surface area contributed by atoms with Gasteiger partial charge in [0.2, 0.25) is 5.91 Å². The van der Waals surface area contributed by atoms with Crippen molar-refractivity contribution in [2.45, 2.75) is 45.4 Å². The summed E-state index contributed by atoms with van der Waals surface area (Å²) >= 11 is 0. The molecule has 2 atom stereocenters. The maximum atomic E-state index is 13.2. The number of carboxylic acids is 1. The summed E-state index contributed by atoms with van der Waals surface area (Å²) in [4.78, 5) is 25.2. The monoisotopic (exact) mass is 335 g/mol. The summed E-state index contributed by atoms with van der Waals surface area (Å²) in [6, 6.07) is 6.50. The Labute approximate surface area is 142 Å². The molecule has 2 rings (SSSR count). The summed E-state index contributed by atoms with van der Waals surface area (Å²) in [5.41, 5.74) is 0.910. The van der Waals surface area contributed by atoms with E-state index in [1.165, 1.54) is 12.1 Å². The summed E-state index contributed by atoms with van der Waals surface area (Å²) in [5, 5.41) is 8.80. The van der Waals surface area contributed by atoms with Crippen LogP contribution in [0, 0.1) is 17.7 Å². The van der Waals surface area contributed by atoms with E-state index >= 15 is 0 Å². The SMILES string of the molecule is C[C@@H](CCc1cccc(F)c1)C(=O)N1CCC[C@H](CCC(=O)O)C1. The normalized spacial score (nSPS) is 19.1. The van der Waals surface area contributed by atoms with E-state index in [1.54, 1.807) is 6.07 Å². The molecule has 0 unspecified atom stereocenters. The fourth-order valence-electron chi connectivity index (χ4n) is 3.34. The molecule has 1 saturated heterocycles. The van der Waals surface area contributed by atoms with Crippen LogP contribution >= 0.6 is 0 Å². The zero-order chi connectivity index (χ0) is 17.5. The molecule has 0 aliphatic carbocycles. The van der Waals surface area contributed by atoms with Crippen LogP contribution in [0.5, 0.6) is 0 Å². The first-order chi connectivity index (χ1) is 11.5. The van der Waals surface area contributed by atoms with Crippen LogP contribution in [0.1, 0.15) is 44.6 Å². The van der Waals surface area contributed by atoms with Gasteiger partial charge in [-0.3, -0.25) is 9.59 Å². The van der Waals surface area contributed by atoms with E-state index in [1.807, 2.05) is 17.9 Å². The molecule has 0 aromatic heterocycles. The minimum Gasteiger partial charge on any atom is -0.481 e. The Bertz CT molecular complexity index is 575. The third kappa shape index (κ3) is 5.62. The van der Waals surface area contributed by atoms with E-state index in [-0.39, 0.29) is 30.0 Å². The average Bonchev–Trinajstić information content (AvgIpc) is 2.57. The molecule has 0 bridgehead atoms. The third-order valence-electron chi connectivity index (χ3n) is 4.77. The lowest BCUT2D eigenvalue weighted by Gasteiger charge is -2.34. The molecule has 1 heterocycles. The van der Waals surface area contributed by atoms with Gasteiger partial charge in [0.1, 0.15) is 5.82 Å². The zero-order valence-corrected chi connectivity index (χ0v) is 14.2. The van der Waals surface area contributed by atoms with Crippen molar-refractivity contribution >= 4 is 11.9 Å². The minimum absolute atomic E-state index is 0.105. The number of carbonyl (C=O) groups excluding carboxylic acids is 1. The van der Waals surface area contributed by atoms with Gasteiger partial charge in [-0.25, -0.2) is 4.39 Å². The number of hydrogen-bond donors (Lipinski definition) is 1. The van der Waals surface area contributed by atoms with Crippen molar-refractivity contribution in [3.8, 4) is 0 Å². The standard InChI is InChI=1S/C19H26FNO3/c1-14(7-8-15-4-2-6-17(20)12-15)19(24)21-11-3-5-16(13-21)9-10-18(22)23/h2,4,6,12,14,16H,3,5,7-11,13H2,1H3,(H,22,23)/t14-,16+/m0/s1. The van der Waals surface area contributed by atoms with Crippen molar-refractivity contribution in [2.75, 3.05) is 13.1 Å². The Kier molecular flexibility index (Phi) is 6.76. The van der Waals surface area contributed by atoms with Crippen LogP contribution in [0.25, 0.3) is 0 Å². The number of aryl methyl sites for hydroxylation is 1. The van der Waals surface area contributed by atoms with E-state index in [0.29, 0.717) is 25.8 Å². The quantitative estimate of drug-likeness (QED) is 0.830. The summed E-state index contributed by atoms with van der Waals surface area (Å²) in [6.07, 6.45) is 4.11. The molecular weight excluding hydrogens is 309 g/mol. The predicted octanol–water partition coefficient (Wildman–Crippen LogP) is 3.50. The molecule has 4 nitrogen and oxygen atoms in total. The topological polar surface area (TPSA) is 57.6 Å². The first-order valence-electron chi connectivity index (χ1n) is 8.70. The molecule has 1 aliphatic rings. The van der Waals surface area contributed by atoms with Crippen LogP contribution in [0.2, 0.25) is 0 Å². The van der Waals surface area contributed by atoms with Gasteiger partial charge < -0.3 is 10.0 Å². The Morgan fingerprint density at radius 3 is 2.92 bits per heavy atom. The van der Waals surface area contributed by atoms with Gasteiger partial charge in [0, 0.05) is 25.4 Å². The zero-order valence-electron chi connectivity index (χ0n) is 14.2. The van der Waals surface area contributed by atoms with Gasteiger partial charge in [-0.2, -0.15) is 0 Å². The average molecular weight is 335 g/mol. The summed E-state index contributed by atoms with van der Waals surface area (Å²) in [5.74, 6) is -0.710. The smallest absolute Gasteiger partial charge is 0.303 e. The van der Waals surface area contributed by atoms with Crippen molar-refractivity contribution < 1.29 is 19.1 Å². The van der Waals surface area contributed by atoms with Crippen LogP contribution in [0.15, 0.2) is 24.3 Å². The molecular formula is C19H26FNO3. The Hall–Kier alpha value is -1.91. The molecule has 1 aliphatic heterocycles. The van der Waals surface area contributed by atoms with Gasteiger partial charge in [-0.15, -0.1) is 0 Å². The van der Waals surface area contributed by atoms with Crippen LogP contribution in [0.4, 0.5) is 4.39 Å². The van der Waals surface area contributed by atoms with E-state index in [4.69, 9.17) is 5.11 Å². The summed E-state index contributed by atoms with van der Waals surface area (Å²) < 4.78 is 13.2. The van der Waals surface area contributed by atoms with Crippen LogP contribution in [-0.2, 0) is 16.0 Å². The van der Waals surface area contributed by atoms with E-state index in [0.717, 1.165) is 24.9 Å². The van der Waals surface area contributed by atoms with E-state index in [9.17, 15) is 14.0 Å². The van der Waals surface area contributed by atoms with Crippen LogP contribution in [-0.4, -0.2) is 35.0 Å². The van der Waals surface area contributed by atoms with Gasteiger partial charge >= 0.3 is 5.97 Å². The second kappa shape index (κ2) is 8.81. The second-order valence-electron chi connectivity index (χ2n) is 6.79. The highest BCUT2D eigenvalue weighted by atomic mass is 19.1. The summed E-state index contributed by atoms with van der Waals surface area (Å²) in [7, 11) is 0. The molecule has 24 heavy (non-hydrogen) atoms. The highest BCUT2D eigenvalue weighted by Gasteiger charge is 2.26. The maximum absolute atomic E-state index is 13.2. The van der Waals surface area contributed by atoms with Gasteiger partial charge in [0.15, 0.2) is 0 Å². The molecule has 1 fully saturated rings. The second-order valence-corrected chi connectivity index (χ2v) is 6.79. The van der Waals surface area contributed by atoms with Gasteiger partial charge in [0.25, 0.3) is 0 Å². The van der Waals surface area contributed by atoms with Gasteiger partial charge in [-0.05, 0) is 55.7 Å². The van der Waals surface area contributed by atoms with E-state index in [2.05, 4.69) is 0 Å². The number of carboxylic acid groups (broad SMARTS) is 1. The molecule has 1 amide bonds. The lowest BCUT2D eigenvalue weighted by molar-refractivity contribution is -0.138. The first kappa shape index (κ1) is 18.4. The highest BCUT2D eigenvalue weighted by Crippen LogP contribution is 2.23. The lowest BCUT2D eigenvalue weighted by atomic mass is 9.92. The third-order valence-corrected chi connectivity index (χ3v) is 4.77. The van der Waals surface area contributed by atoms with Crippen molar-refractivity contribution in [3.63, 3.8) is 0 Å². The van der Waals surface area contributed by atoms with Crippen LogP contribution < -0.4 is 0 Å². The van der Waals surface area contributed by atoms with Gasteiger partial charge in [0.05, 0.1) is 0 Å². The first-order valence-corrected chi connectivity index (χ1v) is 8.70. The molecule has 0 spiro atoms. The number of nitrogens with zero attached hydrogens (tertiary/aromatic N) is 1. The molecule has 0 radical (unpaired) electrons. The van der Waals surface area contributed by atoms with Crippen molar-refractivity contribution in [3.05, 3.63) is 35.6 Å². The number of piperidine rings is 1. The molecule has 1 aromatic carbocycles. The number of carbonyl (C=O) groups is 2. The number of amides is 1. The molecule has 1 aromatic rings. The number of hydrogen-bond acceptors (Lipinski definition) is 2. The molecule has 132 valence electrons. The molecule has 1 N–H and O–H groups in total. The predicted molar refractivity (Wildman–Crippen MR) is 90.1 cm³/mol. The fourth-order valence-corrected chi connectivity index (χ4v) is 3.34. The Morgan fingerprint density at radius 1 is 1.42 bits per heavy atom. The van der Waals surface area contributed by atoms with E-state index < -0.39 is 5.97 Å². The number of rotatable bonds is 7. The van der Waals surface area contributed by atoms with Crippen molar-refractivity contribution in [2.24, 2.45) is 11.8 Å². The number of aliphatic carboxylic acids is 1. The summed E-state index contributed by atoms with van der Waals surface area (Å²) in [6.45, 7) is 3.34. The van der Waals surface area contributed by atoms with Gasteiger partial charge in [-0.1, -0.05) is 19.1 Å². The number of halogens is 1. The molecule has 5 heteroatoms. The Balaban J connectivity index is 1.82.